The van der Waals surface area contributed by atoms with Crippen molar-refractivity contribution in [1.82, 2.24) is 13.9 Å². The predicted octanol–water partition coefficient (Wildman–Crippen LogP) is 2.83. The minimum Gasteiger partial charge on any atom is -0.496 e. The smallest absolute Gasteiger partial charge is 0.282 e. The van der Waals surface area contributed by atoms with Crippen molar-refractivity contribution in [2.45, 2.75) is 19.5 Å². The Labute approximate surface area is 174 Å². The summed E-state index contributed by atoms with van der Waals surface area (Å²) in [6.45, 7) is 4.27. The largest absolute Gasteiger partial charge is 0.496 e. The third-order valence-corrected chi connectivity index (χ3v) is 6.94. The Kier molecular flexibility index (Phi) is 8.27. The summed E-state index contributed by atoms with van der Waals surface area (Å²) in [7, 11) is -2.01. The number of hydrogen-bond donors (Lipinski definition) is 1. The second-order valence-corrected chi connectivity index (χ2v) is 8.37. The lowest BCUT2D eigenvalue weighted by molar-refractivity contribution is 0.241. The Hall–Kier alpha value is -1.64. The van der Waals surface area contributed by atoms with Crippen LogP contribution < -0.4 is 10.1 Å². The first-order valence-corrected chi connectivity index (χ1v) is 10.6. The van der Waals surface area contributed by atoms with E-state index in [0.29, 0.717) is 38.5 Å². The highest BCUT2D eigenvalue weighted by molar-refractivity contribution is 7.86. The first-order valence-electron chi connectivity index (χ1n) is 9.22. The lowest BCUT2D eigenvalue weighted by atomic mass is 10.0. The van der Waals surface area contributed by atoms with E-state index in [0.717, 1.165) is 11.1 Å². The van der Waals surface area contributed by atoms with E-state index in [1.807, 2.05) is 61.5 Å². The van der Waals surface area contributed by atoms with Crippen molar-refractivity contribution >= 4 is 22.6 Å². The van der Waals surface area contributed by atoms with E-state index in [-0.39, 0.29) is 18.4 Å². The Morgan fingerprint density at radius 1 is 1.14 bits per heavy atom. The molecule has 1 heterocycles. The number of benzene rings is 2. The highest BCUT2D eigenvalue weighted by atomic mass is 35.5. The molecule has 2 aromatic rings. The third-order valence-electron chi connectivity index (χ3n) is 4.87. The maximum Gasteiger partial charge on any atom is 0.282 e. The van der Waals surface area contributed by atoms with E-state index in [9.17, 15) is 8.42 Å². The van der Waals surface area contributed by atoms with Crippen molar-refractivity contribution in [3.8, 4) is 5.75 Å². The number of rotatable bonds is 7. The second-order valence-electron chi connectivity index (χ2n) is 6.49. The fourth-order valence-electron chi connectivity index (χ4n) is 3.46. The van der Waals surface area contributed by atoms with Crippen molar-refractivity contribution in [3.63, 3.8) is 0 Å². The zero-order valence-electron chi connectivity index (χ0n) is 16.2. The van der Waals surface area contributed by atoms with Gasteiger partial charge in [0.1, 0.15) is 5.75 Å². The summed E-state index contributed by atoms with van der Waals surface area (Å²) in [6.07, 6.45) is 0. The van der Waals surface area contributed by atoms with Crippen LogP contribution in [0.2, 0.25) is 0 Å². The molecule has 1 aliphatic rings. The number of methoxy groups -OCH3 is 1. The molecule has 154 valence electrons. The van der Waals surface area contributed by atoms with Gasteiger partial charge in [0.25, 0.3) is 10.2 Å². The zero-order valence-corrected chi connectivity index (χ0v) is 17.9. The van der Waals surface area contributed by atoms with Gasteiger partial charge in [-0.3, -0.25) is 0 Å². The van der Waals surface area contributed by atoms with E-state index in [1.54, 1.807) is 11.4 Å². The van der Waals surface area contributed by atoms with Crippen molar-refractivity contribution in [2.75, 3.05) is 33.3 Å². The number of hydrogen-bond acceptors (Lipinski definition) is 4. The van der Waals surface area contributed by atoms with Crippen LogP contribution in [-0.4, -0.2) is 50.3 Å². The van der Waals surface area contributed by atoms with Gasteiger partial charge in [-0.25, -0.2) is 0 Å². The van der Waals surface area contributed by atoms with E-state index < -0.39 is 10.2 Å². The van der Waals surface area contributed by atoms with Crippen LogP contribution in [0, 0.1) is 0 Å². The van der Waals surface area contributed by atoms with Gasteiger partial charge in [0, 0.05) is 38.3 Å². The van der Waals surface area contributed by atoms with Crippen LogP contribution in [0.4, 0.5) is 0 Å². The number of para-hydroxylation sites is 1. The number of nitrogens with one attached hydrogen (secondary N) is 1. The van der Waals surface area contributed by atoms with Crippen LogP contribution in [0.25, 0.3) is 0 Å². The Bertz CT molecular complexity index is 849. The SMILES string of the molecule is CCN(Cc1ccccc1)S(=O)(=O)N1CCNCC1c1ccccc1OC.Cl. The van der Waals surface area contributed by atoms with Crippen molar-refractivity contribution in [3.05, 3.63) is 65.7 Å². The van der Waals surface area contributed by atoms with Crippen LogP contribution in [0.3, 0.4) is 0 Å². The van der Waals surface area contributed by atoms with Gasteiger partial charge in [-0.15, -0.1) is 12.4 Å². The number of halogens is 1. The average Bonchev–Trinajstić information content (AvgIpc) is 2.72. The van der Waals surface area contributed by atoms with Crippen LogP contribution in [0.1, 0.15) is 24.1 Å². The molecule has 1 aliphatic heterocycles. The Morgan fingerprint density at radius 2 is 1.82 bits per heavy atom. The lowest BCUT2D eigenvalue weighted by Gasteiger charge is -2.38. The van der Waals surface area contributed by atoms with Crippen molar-refractivity contribution in [1.29, 1.82) is 0 Å². The molecule has 1 atom stereocenters. The maximum absolute atomic E-state index is 13.5. The fourth-order valence-corrected chi connectivity index (χ4v) is 5.23. The quantitative estimate of drug-likeness (QED) is 0.741. The van der Waals surface area contributed by atoms with Gasteiger partial charge in [-0.1, -0.05) is 55.5 Å². The van der Waals surface area contributed by atoms with E-state index in [2.05, 4.69) is 5.32 Å². The molecule has 0 aliphatic carbocycles. The Morgan fingerprint density at radius 3 is 2.50 bits per heavy atom. The van der Waals surface area contributed by atoms with Gasteiger partial charge in [-0.2, -0.15) is 17.0 Å². The third kappa shape index (κ3) is 4.85. The minimum absolute atomic E-state index is 0. The van der Waals surface area contributed by atoms with Gasteiger partial charge in [-0.05, 0) is 11.6 Å². The summed E-state index contributed by atoms with van der Waals surface area (Å²) in [5, 5.41) is 3.31. The lowest BCUT2D eigenvalue weighted by Crippen LogP contribution is -2.53. The molecule has 1 saturated heterocycles. The Balaban J connectivity index is 0.00000280. The van der Waals surface area contributed by atoms with Crippen LogP contribution in [0.15, 0.2) is 54.6 Å². The topological polar surface area (TPSA) is 61.9 Å². The summed E-state index contributed by atoms with van der Waals surface area (Å²) in [4.78, 5) is 0. The van der Waals surface area contributed by atoms with Crippen molar-refractivity contribution in [2.24, 2.45) is 0 Å². The van der Waals surface area contributed by atoms with Crippen LogP contribution in [0.5, 0.6) is 5.75 Å². The normalized spacial score (nSPS) is 17.9. The average molecular weight is 426 g/mol. The van der Waals surface area contributed by atoms with Gasteiger partial charge in [0.15, 0.2) is 0 Å². The molecule has 0 amide bonds. The first-order chi connectivity index (χ1) is 13.1. The number of nitrogens with zero attached hydrogens (tertiary/aromatic N) is 2. The van der Waals surface area contributed by atoms with Gasteiger partial charge in [0.05, 0.1) is 13.2 Å². The van der Waals surface area contributed by atoms with Gasteiger partial charge in [0.2, 0.25) is 0 Å². The van der Waals surface area contributed by atoms with E-state index in [1.165, 1.54) is 4.31 Å². The van der Waals surface area contributed by atoms with Gasteiger partial charge < -0.3 is 10.1 Å². The summed E-state index contributed by atoms with van der Waals surface area (Å²) in [5.74, 6) is 0.706. The molecule has 28 heavy (non-hydrogen) atoms. The summed E-state index contributed by atoms with van der Waals surface area (Å²) in [6, 6.07) is 17.0. The number of ether oxygens (including phenoxy) is 1. The molecular formula is C20H28ClN3O3S. The van der Waals surface area contributed by atoms with Gasteiger partial charge >= 0.3 is 0 Å². The summed E-state index contributed by atoms with van der Waals surface area (Å²) < 4.78 is 35.6. The molecular weight excluding hydrogens is 398 g/mol. The molecule has 0 spiro atoms. The minimum atomic E-state index is -3.62. The van der Waals surface area contributed by atoms with Crippen LogP contribution in [-0.2, 0) is 16.8 Å². The highest BCUT2D eigenvalue weighted by Crippen LogP contribution is 2.33. The van der Waals surface area contributed by atoms with Crippen LogP contribution >= 0.6 is 12.4 Å². The predicted molar refractivity (Wildman–Crippen MR) is 114 cm³/mol. The highest BCUT2D eigenvalue weighted by Gasteiger charge is 2.37. The van der Waals surface area contributed by atoms with Crippen molar-refractivity contribution < 1.29 is 13.2 Å². The molecule has 1 N–H and O–H groups in total. The molecule has 6 nitrogen and oxygen atoms in total. The molecule has 0 aromatic heterocycles. The summed E-state index contributed by atoms with van der Waals surface area (Å²) in [5.41, 5.74) is 1.86. The molecule has 3 rings (SSSR count). The maximum atomic E-state index is 13.5. The molecule has 0 bridgehead atoms. The zero-order chi connectivity index (χ0) is 19.3. The van der Waals surface area contributed by atoms with E-state index in [4.69, 9.17) is 4.74 Å². The molecule has 0 radical (unpaired) electrons. The summed E-state index contributed by atoms with van der Waals surface area (Å²) >= 11 is 0. The monoisotopic (exact) mass is 425 g/mol. The first kappa shape index (κ1) is 22.6. The molecule has 2 aromatic carbocycles. The molecule has 1 unspecified atom stereocenters. The van der Waals surface area contributed by atoms with E-state index >= 15 is 0 Å². The molecule has 1 fully saturated rings. The molecule has 8 heteroatoms. The fraction of sp³-hybridized carbons (Fsp3) is 0.400. The second kappa shape index (κ2) is 10.2. The standard InChI is InChI=1S/C20H27N3O3S.ClH/c1-3-22(16-17-9-5-4-6-10-17)27(24,25)23-14-13-21-15-19(23)18-11-7-8-12-20(18)26-2;/h4-12,19,21H,3,13-16H2,1-2H3;1H. The molecule has 0 saturated carbocycles. The number of piperazine rings is 1.